The van der Waals surface area contributed by atoms with Crippen molar-refractivity contribution in [2.24, 2.45) is 0 Å². The number of carbonyl (C=O) groups excluding carboxylic acids is 2. The molecule has 380 valence electrons. The third-order valence-electron chi connectivity index (χ3n) is 13.6. The number of amides is 1. The van der Waals surface area contributed by atoms with Gasteiger partial charge in [-0.05, 0) is 51.4 Å². The van der Waals surface area contributed by atoms with Crippen LogP contribution in [0.4, 0.5) is 0 Å². The molecule has 6 heteroatoms. The molecule has 6 nitrogen and oxygen atoms in total. The first-order chi connectivity index (χ1) is 31.5. The highest BCUT2D eigenvalue weighted by Crippen LogP contribution is 2.18. The van der Waals surface area contributed by atoms with Gasteiger partial charge < -0.3 is 20.3 Å². The van der Waals surface area contributed by atoms with Crippen LogP contribution in [0.25, 0.3) is 0 Å². The third kappa shape index (κ3) is 50.0. The van der Waals surface area contributed by atoms with Crippen LogP contribution >= 0.6 is 0 Å². The van der Waals surface area contributed by atoms with Crippen molar-refractivity contribution in [1.82, 2.24) is 5.32 Å². The smallest absolute Gasteiger partial charge is 0.305 e. The number of aliphatic hydroxyl groups is 2. The van der Waals surface area contributed by atoms with Crippen molar-refractivity contribution in [3.63, 3.8) is 0 Å². The summed E-state index contributed by atoms with van der Waals surface area (Å²) < 4.78 is 5.43. The summed E-state index contributed by atoms with van der Waals surface area (Å²) in [5.74, 6) is -0.100. The Morgan fingerprint density at radius 2 is 0.734 bits per heavy atom. The molecule has 0 bridgehead atoms. The van der Waals surface area contributed by atoms with Crippen molar-refractivity contribution in [3.8, 4) is 0 Å². The van der Waals surface area contributed by atoms with E-state index in [2.05, 4.69) is 31.3 Å². The maximum absolute atomic E-state index is 12.5. The predicted octanol–water partition coefficient (Wildman–Crippen LogP) is 17.7. The van der Waals surface area contributed by atoms with Crippen LogP contribution in [-0.4, -0.2) is 47.4 Å². The summed E-state index contributed by atoms with van der Waals surface area (Å²) >= 11 is 0. The number of ether oxygens (including phenoxy) is 1. The van der Waals surface area contributed by atoms with Crippen LogP contribution in [0.15, 0.2) is 12.2 Å². The van der Waals surface area contributed by atoms with Crippen LogP contribution in [0.3, 0.4) is 0 Å². The number of hydrogen-bond donors (Lipinski definition) is 3. The molecule has 3 N–H and O–H groups in total. The molecule has 0 aliphatic heterocycles. The minimum atomic E-state index is -0.686. The van der Waals surface area contributed by atoms with E-state index in [-0.39, 0.29) is 18.5 Å². The normalized spacial score (nSPS) is 12.6. The maximum atomic E-state index is 12.5. The molecule has 0 saturated carbocycles. The second-order valence-corrected chi connectivity index (χ2v) is 20.0. The Bertz CT molecular complexity index is 955. The van der Waals surface area contributed by atoms with E-state index in [9.17, 15) is 19.8 Å². The lowest BCUT2D eigenvalue weighted by Gasteiger charge is -2.22. The Morgan fingerprint density at radius 3 is 1.11 bits per heavy atom. The van der Waals surface area contributed by atoms with E-state index >= 15 is 0 Å². The molecule has 0 radical (unpaired) electrons. The molecule has 0 spiro atoms. The molecule has 2 atom stereocenters. The fourth-order valence-electron chi connectivity index (χ4n) is 9.11. The number of nitrogens with one attached hydrogen (secondary N) is 1. The van der Waals surface area contributed by atoms with E-state index in [4.69, 9.17) is 4.74 Å². The van der Waals surface area contributed by atoms with E-state index < -0.39 is 12.1 Å². The summed E-state index contributed by atoms with van der Waals surface area (Å²) in [7, 11) is 0. The zero-order valence-corrected chi connectivity index (χ0v) is 43.3. The first-order valence-corrected chi connectivity index (χ1v) is 28.9. The molecule has 0 aromatic carbocycles. The molecule has 0 heterocycles. The molecular formula is C58H113NO5. The lowest BCUT2D eigenvalue weighted by Crippen LogP contribution is -2.45. The Morgan fingerprint density at radius 1 is 0.422 bits per heavy atom. The molecule has 0 aliphatic rings. The molecule has 2 unspecified atom stereocenters. The van der Waals surface area contributed by atoms with Gasteiger partial charge in [0, 0.05) is 12.8 Å². The lowest BCUT2D eigenvalue weighted by atomic mass is 10.0. The van der Waals surface area contributed by atoms with Crippen molar-refractivity contribution in [3.05, 3.63) is 12.2 Å². The van der Waals surface area contributed by atoms with Gasteiger partial charge in [0.25, 0.3) is 0 Å². The summed E-state index contributed by atoms with van der Waals surface area (Å²) in [5, 5.41) is 23.3. The van der Waals surface area contributed by atoms with Crippen LogP contribution in [0, 0.1) is 0 Å². The van der Waals surface area contributed by atoms with Gasteiger partial charge in [-0.3, -0.25) is 9.59 Å². The Hall–Kier alpha value is -1.40. The minimum absolute atomic E-state index is 0.0336. The highest BCUT2D eigenvalue weighted by atomic mass is 16.5. The second kappa shape index (κ2) is 54.2. The molecule has 0 rings (SSSR count). The van der Waals surface area contributed by atoms with Crippen molar-refractivity contribution < 1.29 is 24.5 Å². The van der Waals surface area contributed by atoms with Crippen LogP contribution in [-0.2, 0) is 14.3 Å². The van der Waals surface area contributed by atoms with Crippen molar-refractivity contribution in [2.75, 3.05) is 13.2 Å². The molecule has 0 aromatic heterocycles. The van der Waals surface area contributed by atoms with E-state index in [1.165, 1.54) is 212 Å². The average Bonchev–Trinajstić information content (AvgIpc) is 3.29. The van der Waals surface area contributed by atoms with E-state index in [0.29, 0.717) is 25.9 Å². The van der Waals surface area contributed by atoms with Gasteiger partial charge in [0.1, 0.15) is 0 Å². The highest BCUT2D eigenvalue weighted by molar-refractivity contribution is 5.76. The average molecular weight is 905 g/mol. The molecule has 0 fully saturated rings. The number of rotatable bonds is 54. The molecule has 0 aromatic rings. The van der Waals surface area contributed by atoms with Crippen molar-refractivity contribution >= 4 is 11.9 Å². The second-order valence-electron chi connectivity index (χ2n) is 20.0. The molecule has 0 aliphatic carbocycles. The van der Waals surface area contributed by atoms with Gasteiger partial charge in [-0.1, -0.05) is 270 Å². The number of carbonyl (C=O) groups is 2. The number of aliphatic hydroxyl groups excluding tert-OH is 2. The highest BCUT2D eigenvalue weighted by Gasteiger charge is 2.20. The zero-order valence-electron chi connectivity index (χ0n) is 43.3. The zero-order chi connectivity index (χ0) is 46.5. The van der Waals surface area contributed by atoms with Gasteiger partial charge in [0.2, 0.25) is 5.91 Å². The first-order valence-electron chi connectivity index (χ1n) is 28.9. The first kappa shape index (κ1) is 62.6. The van der Waals surface area contributed by atoms with Gasteiger partial charge >= 0.3 is 5.97 Å². The summed E-state index contributed by atoms with van der Waals surface area (Å²) in [4.78, 5) is 24.5. The number of hydrogen-bond acceptors (Lipinski definition) is 5. The SMILES string of the molecule is CCCCCCCCCCCCCCCCCCCCCCCCCCC(O)C(CO)NC(=O)CCCCCC/C=C\CCCCOC(=O)CCCCCCCCCCCCCCC. The van der Waals surface area contributed by atoms with E-state index in [1.54, 1.807) is 0 Å². The van der Waals surface area contributed by atoms with Gasteiger partial charge in [-0.15, -0.1) is 0 Å². The summed E-state index contributed by atoms with van der Waals surface area (Å²) in [6, 6.07) is -0.567. The van der Waals surface area contributed by atoms with Gasteiger partial charge in [0.05, 0.1) is 25.4 Å². The van der Waals surface area contributed by atoms with Gasteiger partial charge in [-0.2, -0.15) is 0 Å². The van der Waals surface area contributed by atoms with Crippen LogP contribution in [0.2, 0.25) is 0 Å². The summed E-state index contributed by atoms with van der Waals surface area (Å²) in [6.07, 6.45) is 63.5. The molecule has 64 heavy (non-hydrogen) atoms. The number of allylic oxidation sites excluding steroid dienone is 2. The minimum Gasteiger partial charge on any atom is -0.466 e. The molecular weight excluding hydrogens is 791 g/mol. The van der Waals surface area contributed by atoms with Gasteiger partial charge in [0.15, 0.2) is 0 Å². The molecule has 0 saturated heterocycles. The summed E-state index contributed by atoms with van der Waals surface area (Å²) in [6.45, 7) is 4.89. The standard InChI is InChI=1S/C58H113NO5/c1-3-5-7-9-11-13-15-17-18-19-20-21-22-23-24-25-26-27-29-30-34-38-42-46-50-56(61)55(54-60)59-57(62)51-47-43-39-35-32-33-37-41-45-49-53-64-58(63)52-48-44-40-36-31-28-16-14-12-10-8-6-4-2/h33,37,55-56,60-61H,3-32,34-36,38-54H2,1-2H3,(H,59,62)/b37-33-. The lowest BCUT2D eigenvalue weighted by molar-refractivity contribution is -0.143. The van der Waals surface area contributed by atoms with Gasteiger partial charge in [-0.25, -0.2) is 0 Å². The predicted molar refractivity (Wildman–Crippen MR) is 278 cm³/mol. The quantitative estimate of drug-likeness (QED) is 0.0321. The van der Waals surface area contributed by atoms with E-state index in [0.717, 1.165) is 77.0 Å². The maximum Gasteiger partial charge on any atom is 0.305 e. The largest absolute Gasteiger partial charge is 0.466 e. The fourth-order valence-corrected chi connectivity index (χ4v) is 9.11. The number of unbranched alkanes of at least 4 members (excludes halogenated alkanes) is 41. The monoisotopic (exact) mass is 904 g/mol. The van der Waals surface area contributed by atoms with Crippen molar-refractivity contribution in [2.45, 2.75) is 334 Å². The molecule has 1 amide bonds. The Balaban J connectivity index is 3.49. The third-order valence-corrected chi connectivity index (χ3v) is 13.6. The van der Waals surface area contributed by atoms with Crippen LogP contribution in [0.1, 0.15) is 322 Å². The van der Waals surface area contributed by atoms with Crippen LogP contribution < -0.4 is 5.32 Å². The van der Waals surface area contributed by atoms with Crippen LogP contribution in [0.5, 0.6) is 0 Å². The Labute approximate surface area is 399 Å². The number of esters is 1. The topological polar surface area (TPSA) is 95.9 Å². The van der Waals surface area contributed by atoms with E-state index in [1.807, 2.05) is 0 Å². The summed E-state index contributed by atoms with van der Waals surface area (Å²) in [5.41, 5.74) is 0. The van der Waals surface area contributed by atoms with Crippen molar-refractivity contribution in [1.29, 1.82) is 0 Å². The fraction of sp³-hybridized carbons (Fsp3) is 0.931. The Kier molecular flexibility index (Phi) is 53.0.